The Hall–Kier alpha value is -1.31. The first-order valence-electron chi connectivity index (χ1n) is 8.97. The summed E-state index contributed by atoms with van der Waals surface area (Å²) in [6.07, 6.45) is 0.740. The molecule has 0 aromatic heterocycles. The Bertz CT molecular complexity index is 765. The number of quaternary nitrogens is 1. The lowest BCUT2D eigenvalue weighted by Gasteiger charge is -2.35. The summed E-state index contributed by atoms with van der Waals surface area (Å²) < 4.78 is 29.1. The van der Waals surface area contributed by atoms with E-state index in [1.807, 2.05) is 30.9 Å². The van der Waals surface area contributed by atoms with Gasteiger partial charge in [-0.25, -0.2) is 8.42 Å². The molecule has 2 aliphatic rings. The van der Waals surface area contributed by atoms with Gasteiger partial charge in [0.15, 0.2) is 16.4 Å². The van der Waals surface area contributed by atoms with Crippen molar-refractivity contribution in [2.24, 2.45) is 0 Å². The second kappa shape index (κ2) is 7.74. The van der Waals surface area contributed by atoms with Crippen LogP contribution in [0.2, 0.25) is 5.02 Å². The molecular weight excluding hydrogens is 376 g/mol. The molecule has 1 N–H and O–H groups in total. The van der Waals surface area contributed by atoms with Crippen molar-refractivity contribution < 1.29 is 22.8 Å². The van der Waals surface area contributed by atoms with Crippen LogP contribution in [0.25, 0.3) is 0 Å². The maximum Gasteiger partial charge on any atom is 0.260 e. The molecule has 1 atom stereocenters. The Morgan fingerprint density at radius 2 is 1.88 bits per heavy atom. The van der Waals surface area contributed by atoms with Crippen LogP contribution in [0.1, 0.15) is 17.5 Å². The maximum absolute atomic E-state index is 12.5. The van der Waals surface area contributed by atoms with Crippen molar-refractivity contribution in [3.05, 3.63) is 28.3 Å². The molecule has 0 spiro atoms. The highest BCUT2D eigenvalue weighted by molar-refractivity contribution is 7.91. The number of amides is 1. The second-order valence-electron chi connectivity index (χ2n) is 7.30. The molecule has 1 aromatic rings. The highest BCUT2D eigenvalue weighted by Crippen LogP contribution is 2.27. The van der Waals surface area contributed by atoms with Gasteiger partial charge in [0, 0.05) is 11.4 Å². The van der Waals surface area contributed by atoms with E-state index < -0.39 is 9.84 Å². The lowest BCUT2D eigenvalue weighted by atomic mass is 10.1. The van der Waals surface area contributed by atoms with Gasteiger partial charge in [0.05, 0.1) is 31.9 Å². The van der Waals surface area contributed by atoms with Crippen molar-refractivity contribution in [3.8, 4) is 5.75 Å². The van der Waals surface area contributed by atoms with Crippen molar-refractivity contribution in [3.63, 3.8) is 0 Å². The van der Waals surface area contributed by atoms with Gasteiger partial charge in [-0.05, 0) is 37.1 Å². The van der Waals surface area contributed by atoms with E-state index in [0.717, 1.165) is 30.6 Å². The number of hydrogen-bond donors (Lipinski definition) is 1. The first-order chi connectivity index (χ1) is 12.2. The molecule has 2 saturated heterocycles. The number of carbonyl (C=O) groups excluding carboxylic acids is 1. The predicted molar refractivity (Wildman–Crippen MR) is 101 cm³/mol. The van der Waals surface area contributed by atoms with Crippen molar-refractivity contribution in [2.45, 2.75) is 26.3 Å². The number of halogens is 1. The van der Waals surface area contributed by atoms with Crippen molar-refractivity contribution in [2.75, 3.05) is 44.3 Å². The summed E-state index contributed by atoms with van der Waals surface area (Å²) in [6.45, 7) is 6.72. The Labute approximate surface area is 160 Å². The first kappa shape index (κ1) is 19.5. The SMILES string of the molecule is Cc1cc(Cl)cc(C)c1OCC(=O)N1CC[NH+]([C@H]2CCS(=O)(=O)C2)CC1. The van der Waals surface area contributed by atoms with E-state index in [9.17, 15) is 13.2 Å². The van der Waals surface area contributed by atoms with E-state index >= 15 is 0 Å². The van der Waals surface area contributed by atoms with Crippen LogP contribution in [-0.2, 0) is 14.6 Å². The van der Waals surface area contributed by atoms with Gasteiger partial charge in [-0.3, -0.25) is 4.79 Å². The largest absolute Gasteiger partial charge is 0.483 e. The minimum absolute atomic E-state index is 0.0104. The fraction of sp³-hybridized carbons (Fsp3) is 0.611. The fourth-order valence-corrected chi connectivity index (χ4v) is 6.07. The zero-order valence-electron chi connectivity index (χ0n) is 15.3. The van der Waals surface area contributed by atoms with Crippen molar-refractivity contribution in [1.29, 1.82) is 0 Å². The highest BCUT2D eigenvalue weighted by Gasteiger charge is 2.37. The molecule has 0 aliphatic carbocycles. The summed E-state index contributed by atoms with van der Waals surface area (Å²) in [6, 6.07) is 3.84. The van der Waals surface area contributed by atoms with Gasteiger partial charge in [0.1, 0.15) is 17.5 Å². The van der Waals surface area contributed by atoms with Gasteiger partial charge in [-0.1, -0.05) is 11.6 Å². The number of hydrogen-bond acceptors (Lipinski definition) is 4. The number of nitrogens with one attached hydrogen (secondary N) is 1. The number of benzene rings is 1. The number of sulfone groups is 1. The number of carbonyl (C=O) groups is 1. The van der Waals surface area contributed by atoms with Gasteiger partial charge in [0.2, 0.25) is 0 Å². The quantitative estimate of drug-likeness (QED) is 0.785. The zero-order chi connectivity index (χ0) is 18.9. The Kier molecular flexibility index (Phi) is 5.79. The first-order valence-corrected chi connectivity index (χ1v) is 11.2. The molecule has 0 bridgehead atoms. The average molecular weight is 402 g/mol. The summed E-state index contributed by atoms with van der Waals surface area (Å²) in [5.41, 5.74) is 1.83. The highest BCUT2D eigenvalue weighted by atomic mass is 35.5. The normalized spacial score (nSPS) is 23.2. The van der Waals surface area contributed by atoms with E-state index in [1.54, 1.807) is 0 Å². The average Bonchev–Trinajstić information content (AvgIpc) is 2.94. The number of aryl methyl sites for hydroxylation is 2. The Balaban J connectivity index is 1.50. The van der Waals surface area contributed by atoms with Gasteiger partial charge in [0.25, 0.3) is 5.91 Å². The summed E-state index contributed by atoms with van der Waals surface area (Å²) in [7, 11) is -2.86. The molecule has 6 nitrogen and oxygen atoms in total. The topological polar surface area (TPSA) is 68.1 Å². The molecule has 0 unspecified atom stereocenters. The summed E-state index contributed by atoms with van der Waals surface area (Å²) in [4.78, 5) is 15.6. The van der Waals surface area contributed by atoms with Crippen LogP contribution in [0.3, 0.4) is 0 Å². The fourth-order valence-electron chi connectivity index (χ4n) is 3.92. The standard InChI is InChI=1S/C18H25ClN2O4S/c1-13-9-15(19)10-14(2)18(13)25-11-17(22)21-6-4-20(5-7-21)16-3-8-26(23,24)12-16/h9-10,16H,3-8,11-12H2,1-2H3/p+1/t16-/m0/s1. The third-order valence-corrected chi connectivity index (χ3v) is 7.32. The molecule has 2 fully saturated rings. The van der Waals surface area contributed by atoms with Gasteiger partial charge in [-0.15, -0.1) is 0 Å². The third-order valence-electron chi connectivity index (χ3n) is 5.33. The lowest BCUT2D eigenvalue weighted by Crippen LogP contribution is -3.18. The third kappa shape index (κ3) is 4.50. The maximum atomic E-state index is 12.5. The number of ether oxygens (including phenoxy) is 1. The zero-order valence-corrected chi connectivity index (χ0v) is 16.8. The van der Waals surface area contributed by atoms with Crippen molar-refractivity contribution in [1.82, 2.24) is 4.90 Å². The van der Waals surface area contributed by atoms with E-state index in [0.29, 0.717) is 29.6 Å². The molecular formula is C18H26ClN2O4S+. The summed E-state index contributed by atoms with van der Waals surface area (Å²) in [5.74, 6) is 1.27. The predicted octanol–water partition coefficient (Wildman–Crippen LogP) is 0.250. The molecule has 26 heavy (non-hydrogen) atoms. The van der Waals surface area contributed by atoms with Crippen LogP contribution >= 0.6 is 11.6 Å². The molecule has 2 heterocycles. The van der Waals surface area contributed by atoms with Gasteiger partial charge >= 0.3 is 0 Å². The van der Waals surface area contributed by atoms with Crippen molar-refractivity contribution >= 4 is 27.3 Å². The van der Waals surface area contributed by atoms with E-state index in [2.05, 4.69) is 0 Å². The molecule has 0 saturated carbocycles. The van der Waals surface area contributed by atoms with Gasteiger partial charge in [-0.2, -0.15) is 0 Å². The van der Waals surface area contributed by atoms with Gasteiger partial charge < -0.3 is 14.5 Å². The minimum Gasteiger partial charge on any atom is -0.483 e. The summed E-state index contributed by atoms with van der Waals surface area (Å²) in [5, 5.41) is 0.659. The Morgan fingerprint density at radius 3 is 2.42 bits per heavy atom. The molecule has 0 radical (unpaired) electrons. The second-order valence-corrected chi connectivity index (χ2v) is 9.96. The molecule has 3 rings (SSSR count). The summed E-state index contributed by atoms with van der Waals surface area (Å²) >= 11 is 6.02. The number of rotatable bonds is 4. The van der Waals surface area contributed by atoms with Crippen LogP contribution in [0.15, 0.2) is 12.1 Å². The minimum atomic E-state index is -2.86. The molecule has 8 heteroatoms. The molecule has 144 valence electrons. The van der Waals surface area contributed by atoms with E-state index in [-0.39, 0.29) is 24.3 Å². The van der Waals surface area contributed by atoms with Crippen LogP contribution in [0, 0.1) is 13.8 Å². The van der Waals surface area contributed by atoms with E-state index in [1.165, 1.54) is 4.90 Å². The lowest BCUT2D eigenvalue weighted by molar-refractivity contribution is -0.925. The van der Waals surface area contributed by atoms with Crippen LogP contribution in [0.5, 0.6) is 5.75 Å². The van der Waals surface area contributed by atoms with E-state index in [4.69, 9.17) is 16.3 Å². The number of piperazine rings is 1. The monoisotopic (exact) mass is 401 g/mol. The Morgan fingerprint density at radius 1 is 1.27 bits per heavy atom. The van der Waals surface area contributed by atoms with Crippen LogP contribution in [0.4, 0.5) is 0 Å². The number of nitrogens with zero attached hydrogens (tertiary/aromatic N) is 1. The van der Waals surface area contributed by atoms with Crippen LogP contribution in [-0.4, -0.2) is 69.6 Å². The smallest absolute Gasteiger partial charge is 0.260 e. The molecule has 2 aliphatic heterocycles. The molecule has 1 amide bonds. The van der Waals surface area contributed by atoms with Crippen LogP contribution < -0.4 is 9.64 Å². The molecule has 1 aromatic carbocycles.